The van der Waals surface area contributed by atoms with Gasteiger partial charge in [0.05, 0.1) is 5.69 Å². The number of hydrogen-bond donors (Lipinski definition) is 0. The van der Waals surface area contributed by atoms with Crippen molar-refractivity contribution in [3.05, 3.63) is 66.7 Å². The van der Waals surface area contributed by atoms with Crippen molar-refractivity contribution in [3.63, 3.8) is 0 Å². The molecule has 2 aliphatic rings. The van der Waals surface area contributed by atoms with Gasteiger partial charge in [-0.15, -0.1) is 5.10 Å². The van der Waals surface area contributed by atoms with Crippen LogP contribution < -0.4 is 4.90 Å². The zero-order chi connectivity index (χ0) is 20.8. The SMILES string of the molecule is Fc1ccc(-c2nc3ccc(N4CCN(C5CC5)CC4)nn3c2-c2ccncc2)cc1. The molecular weight excluding hydrogens is 391 g/mol. The molecular formula is C24H23FN6. The highest BCUT2D eigenvalue weighted by atomic mass is 19.1. The van der Waals surface area contributed by atoms with Crippen molar-refractivity contribution in [2.45, 2.75) is 18.9 Å². The van der Waals surface area contributed by atoms with Crippen LogP contribution in [0.25, 0.3) is 28.2 Å². The van der Waals surface area contributed by atoms with E-state index in [1.54, 1.807) is 24.5 Å². The summed E-state index contributed by atoms with van der Waals surface area (Å²) in [5.74, 6) is 0.699. The molecule has 0 amide bonds. The van der Waals surface area contributed by atoms with Crippen molar-refractivity contribution in [2.75, 3.05) is 31.1 Å². The first kappa shape index (κ1) is 18.4. The first-order valence-corrected chi connectivity index (χ1v) is 10.8. The minimum absolute atomic E-state index is 0.260. The molecule has 0 atom stereocenters. The lowest BCUT2D eigenvalue weighted by atomic mass is 10.1. The minimum atomic E-state index is -0.260. The summed E-state index contributed by atoms with van der Waals surface area (Å²) in [5, 5.41) is 4.99. The fourth-order valence-corrected chi connectivity index (χ4v) is 4.43. The number of nitrogens with zero attached hydrogens (tertiary/aromatic N) is 6. The summed E-state index contributed by atoms with van der Waals surface area (Å²) >= 11 is 0. The molecule has 3 aromatic heterocycles. The van der Waals surface area contributed by atoms with E-state index in [1.807, 2.05) is 22.7 Å². The largest absolute Gasteiger partial charge is 0.353 e. The van der Waals surface area contributed by atoms with Gasteiger partial charge in [0, 0.05) is 55.7 Å². The Labute approximate surface area is 180 Å². The molecule has 0 spiro atoms. The van der Waals surface area contributed by atoms with Gasteiger partial charge in [-0.2, -0.15) is 0 Å². The van der Waals surface area contributed by atoms with Crippen LogP contribution in [0.15, 0.2) is 60.9 Å². The van der Waals surface area contributed by atoms with Crippen molar-refractivity contribution in [1.82, 2.24) is 24.5 Å². The van der Waals surface area contributed by atoms with Crippen molar-refractivity contribution in [2.24, 2.45) is 0 Å². The molecule has 1 aliphatic carbocycles. The van der Waals surface area contributed by atoms with E-state index in [0.717, 1.165) is 66.2 Å². The van der Waals surface area contributed by atoms with Crippen LogP contribution in [-0.2, 0) is 0 Å². The van der Waals surface area contributed by atoms with Crippen molar-refractivity contribution in [1.29, 1.82) is 0 Å². The van der Waals surface area contributed by atoms with Crippen LogP contribution in [-0.4, -0.2) is 56.7 Å². The fourth-order valence-electron chi connectivity index (χ4n) is 4.43. The maximum Gasteiger partial charge on any atom is 0.155 e. The number of fused-ring (bicyclic) bond motifs is 1. The standard InChI is InChI=1S/C24H23FN6/c25-19-3-1-17(2-4-19)23-24(18-9-11-26-12-10-18)31-21(27-23)7-8-22(28-31)30-15-13-29(14-16-30)20-5-6-20/h1-4,7-12,20H,5-6,13-16H2. The van der Waals surface area contributed by atoms with E-state index in [1.165, 1.54) is 25.0 Å². The van der Waals surface area contributed by atoms with E-state index in [2.05, 4.69) is 20.9 Å². The number of piperazine rings is 1. The average Bonchev–Trinajstić information content (AvgIpc) is 3.60. The molecule has 4 heterocycles. The number of pyridine rings is 1. The second-order valence-corrected chi connectivity index (χ2v) is 8.27. The number of anilines is 1. The summed E-state index contributed by atoms with van der Waals surface area (Å²) < 4.78 is 15.4. The number of rotatable bonds is 4. The van der Waals surface area contributed by atoms with Gasteiger partial charge in [0.25, 0.3) is 0 Å². The summed E-state index contributed by atoms with van der Waals surface area (Å²) in [4.78, 5) is 14.0. The van der Waals surface area contributed by atoms with E-state index >= 15 is 0 Å². The van der Waals surface area contributed by atoms with Gasteiger partial charge in [0.1, 0.15) is 17.3 Å². The predicted octanol–water partition coefficient (Wildman–Crippen LogP) is 3.88. The third-order valence-electron chi connectivity index (χ3n) is 6.24. The van der Waals surface area contributed by atoms with E-state index < -0.39 is 0 Å². The van der Waals surface area contributed by atoms with E-state index in [4.69, 9.17) is 10.1 Å². The molecule has 0 N–H and O–H groups in total. The van der Waals surface area contributed by atoms with Gasteiger partial charge in [-0.1, -0.05) is 0 Å². The summed E-state index contributed by atoms with van der Waals surface area (Å²) in [5.41, 5.74) is 4.28. The molecule has 1 saturated heterocycles. The maximum atomic E-state index is 13.5. The van der Waals surface area contributed by atoms with E-state index in [0.29, 0.717) is 0 Å². The Morgan fingerprint density at radius 3 is 2.26 bits per heavy atom. The van der Waals surface area contributed by atoms with Gasteiger partial charge in [0.15, 0.2) is 5.65 Å². The molecule has 6 rings (SSSR count). The molecule has 156 valence electrons. The van der Waals surface area contributed by atoms with Gasteiger partial charge in [0.2, 0.25) is 0 Å². The van der Waals surface area contributed by atoms with Crippen molar-refractivity contribution >= 4 is 11.5 Å². The highest BCUT2D eigenvalue weighted by Crippen LogP contribution is 2.33. The topological polar surface area (TPSA) is 49.6 Å². The highest BCUT2D eigenvalue weighted by Gasteiger charge is 2.31. The number of hydrogen-bond acceptors (Lipinski definition) is 5. The summed E-state index contributed by atoms with van der Waals surface area (Å²) in [6.07, 6.45) is 6.23. The van der Waals surface area contributed by atoms with E-state index in [-0.39, 0.29) is 5.82 Å². The van der Waals surface area contributed by atoms with Crippen LogP contribution in [0.5, 0.6) is 0 Å². The first-order chi connectivity index (χ1) is 15.3. The lowest BCUT2D eigenvalue weighted by Gasteiger charge is -2.35. The molecule has 7 heteroatoms. The Bertz CT molecular complexity index is 1210. The molecule has 2 fully saturated rings. The molecule has 0 unspecified atom stereocenters. The van der Waals surface area contributed by atoms with Crippen LogP contribution in [0.2, 0.25) is 0 Å². The van der Waals surface area contributed by atoms with Crippen LogP contribution in [0.4, 0.5) is 10.2 Å². The van der Waals surface area contributed by atoms with Gasteiger partial charge < -0.3 is 4.90 Å². The van der Waals surface area contributed by atoms with Crippen LogP contribution in [0, 0.1) is 5.82 Å². The summed E-state index contributed by atoms with van der Waals surface area (Å²) in [7, 11) is 0. The molecule has 1 aromatic carbocycles. The number of benzene rings is 1. The Balaban J connectivity index is 1.43. The normalized spacial score (nSPS) is 17.4. The van der Waals surface area contributed by atoms with Gasteiger partial charge in [-0.05, 0) is 61.4 Å². The molecule has 31 heavy (non-hydrogen) atoms. The van der Waals surface area contributed by atoms with Crippen LogP contribution in [0.3, 0.4) is 0 Å². The quantitative estimate of drug-likeness (QED) is 0.507. The zero-order valence-corrected chi connectivity index (χ0v) is 17.2. The third-order valence-corrected chi connectivity index (χ3v) is 6.24. The zero-order valence-electron chi connectivity index (χ0n) is 17.2. The Morgan fingerprint density at radius 1 is 0.806 bits per heavy atom. The molecule has 4 aromatic rings. The molecule has 0 radical (unpaired) electrons. The molecule has 1 aliphatic heterocycles. The average molecular weight is 414 g/mol. The Morgan fingerprint density at radius 2 is 1.55 bits per heavy atom. The third kappa shape index (κ3) is 3.45. The monoisotopic (exact) mass is 414 g/mol. The minimum Gasteiger partial charge on any atom is -0.353 e. The molecule has 6 nitrogen and oxygen atoms in total. The lowest BCUT2D eigenvalue weighted by molar-refractivity contribution is 0.247. The Hall–Kier alpha value is -3.32. The molecule has 0 bridgehead atoms. The lowest BCUT2D eigenvalue weighted by Crippen LogP contribution is -2.47. The van der Waals surface area contributed by atoms with Crippen molar-refractivity contribution < 1.29 is 4.39 Å². The second kappa shape index (κ2) is 7.42. The number of aromatic nitrogens is 4. The van der Waals surface area contributed by atoms with E-state index in [9.17, 15) is 4.39 Å². The van der Waals surface area contributed by atoms with Gasteiger partial charge in [-0.25, -0.2) is 13.9 Å². The second-order valence-electron chi connectivity index (χ2n) is 8.27. The van der Waals surface area contributed by atoms with Crippen LogP contribution in [0.1, 0.15) is 12.8 Å². The molecule has 1 saturated carbocycles. The number of halogens is 1. The first-order valence-electron chi connectivity index (χ1n) is 10.8. The summed E-state index contributed by atoms with van der Waals surface area (Å²) in [6.45, 7) is 4.15. The van der Waals surface area contributed by atoms with Crippen molar-refractivity contribution in [3.8, 4) is 22.5 Å². The van der Waals surface area contributed by atoms with Gasteiger partial charge in [-0.3, -0.25) is 9.88 Å². The number of imidazole rings is 1. The fraction of sp³-hybridized carbons (Fsp3) is 0.292. The predicted molar refractivity (Wildman–Crippen MR) is 118 cm³/mol. The maximum absolute atomic E-state index is 13.5. The summed E-state index contributed by atoms with van der Waals surface area (Å²) in [6, 6.07) is 15.3. The Kier molecular flexibility index (Phi) is 4.42. The van der Waals surface area contributed by atoms with Gasteiger partial charge >= 0.3 is 0 Å². The van der Waals surface area contributed by atoms with Crippen LogP contribution >= 0.6 is 0 Å². The highest BCUT2D eigenvalue weighted by molar-refractivity contribution is 5.81. The smallest absolute Gasteiger partial charge is 0.155 e.